The van der Waals surface area contributed by atoms with Crippen LogP contribution in [0.3, 0.4) is 0 Å². The van der Waals surface area contributed by atoms with E-state index in [1.165, 1.54) is 0 Å². The molecule has 0 bridgehead atoms. The zero-order valence-electron chi connectivity index (χ0n) is 10.1. The minimum Gasteiger partial charge on any atom is -0.279 e. The smallest absolute Gasteiger partial charge is 0.279 e. The Morgan fingerprint density at radius 1 is 1.43 bits per heavy atom. The second-order valence-electron chi connectivity index (χ2n) is 4.28. The van der Waals surface area contributed by atoms with Gasteiger partial charge in [-0.3, -0.25) is 9.69 Å². The molecule has 1 amide bonds. The number of anilines is 1. The normalized spacial score (nSPS) is 20.1. The predicted octanol–water partition coefficient (Wildman–Crippen LogP) is 0.652. The van der Waals surface area contributed by atoms with Gasteiger partial charge in [0.05, 0.1) is 4.47 Å². The van der Waals surface area contributed by atoms with E-state index in [0.29, 0.717) is 0 Å². The van der Waals surface area contributed by atoms with Crippen molar-refractivity contribution in [2.45, 2.75) is 17.8 Å². The highest BCUT2D eigenvalue weighted by Gasteiger charge is 2.40. The lowest BCUT2D eigenvalue weighted by Crippen LogP contribution is -2.33. The van der Waals surface area contributed by atoms with Gasteiger partial charge >= 0.3 is 6.18 Å². The zero-order valence-corrected chi connectivity index (χ0v) is 12.5. The van der Waals surface area contributed by atoms with Gasteiger partial charge in [0.1, 0.15) is 5.25 Å². The summed E-state index contributed by atoms with van der Waals surface area (Å²) < 4.78 is 60.2. The molecule has 0 radical (unpaired) electrons. The standard InChI is InChI=1S/C9H8BrF3N4O3S/c10-5-2-15-8(16-7(5)9(11,12)13)17-3-4(1-6(17)18)21(14,19)20/h2,4H,1,3H2,(H2,14,19,20). The fourth-order valence-electron chi connectivity index (χ4n) is 1.77. The summed E-state index contributed by atoms with van der Waals surface area (Å²) in [6, 6.07) is 0. The summed E-state index contributed by atoms with van der Waals surface area (Å²) in [4.78, 5) is 19.4. The van der Waals surface area contributed by atoms with Crippen LogP contribution >= 0.6 is 15.9 Å². The van der Waals surface area contributed by atoms with E-state index < -0.39 is 45.4 Å². The van der Waals surface area contributed by atoms with E-state index in [0.717, 1.165) is 11.1 Å². The Hall–Kier alpha value is -1.27. The number of hydrogen-bond acceptors (Lipinski definition) is 5. The Morgan fingerprint density at radius 3 is 2.52 bits per heavy atom. The lowest BCUT2D eigenvalue weighted by atomic mass is 10.4. The molecule has 12 heteroatoms. The van der Waals surface area contributed by atoms with Crippen molar-refractivity contribution in [3.8, 4) is 0 Å². The Morgan fingerprint density at radius 2 is 2.05 bits per heavy atom. The molecular formula is C9H8BrF3N4O3S. The number of hydrogen-bond donors (Lipinski definition) is 1. The summed E-state index contributed by atoms with van der Waals surface area (Å²) in [5, 5.41) is 3.74. The van der Waals surface area contributed by atoms with Crippen LogP contribution in [0.2, 0.25) is 0 Å². The van der Waals surface area contributed by atoms with Gasteiger partial charge in [-0.15, -0.1) is 0 Å². The van der Waals surface area contributed by atoms with Gasteiger partial charge < -0.3 is 0 Å². The number of halogens is 4. The molecule has 0 spiro atoms. The largest absolute Gasteiger partial charge is 0.434 e. The van der Waals surface area contributed by atoms with Crippen molar-refractivity contribution < 1.29 is 26.4 Å². The van der Waals surface area contributed by atoms with Crippen LogP contribution in [0.5, 0.6) is 0 Å². The average Bonchev–Trinajstić information content (AvgIpc) is 2.70. The highest BCUT2D eigenvalue weighted by atomic mass is 79.9. The molecule has 2 N–H and O–H groups in total. The minimum atomic E-state index is -4.74. The second-order valence-corrected chi connectivity index (χ2v) is 6.98. The van der Waals surface area contributed by atoms with Gasteiger partial charge in [0.2, 0.25) is 21.9 Å². The first-order chi connectivity index (χ1) is 9.50. The number of nitrogens with two attached hydrogens (primary N) is 1. The monoisotopic (exact) mass is 388 g/mol. The molecule has 2 rings (SSSR count). The van der Waals surface area contributed by atoms with Crippen LogP contribution in [-0.4, -0.2) is 36.1 Å². The lowest BCUT2D eigenvalue weighted by Gasteiger charge is -2.16. The highest BCUT2D eigenvalue weighted by molar-refractivity contribution is 9.10. The molecule has 1 aromatic rings. The van der Waals surface area contributed by atoms with Gasteiger partial charge in [0, 0.05) is 19.2 Å². The summed E-state index contributed by atoms with van der Waals surface area (Å²) in [5.41, 5.74) is -1.25. The summed E-state index contributed by atoms with van der Waals surface area (Å²) in [5.74, 6) is -1.22. The summed E-state index contributed by atoms with van der Waals surface area (Å²) in [6.07, 6.45) is -4.30. The van der Waals surface area contributed by atoms with Gasteiger partial charge in [0.15, 0.2) is 5.69 Å². The van der Waals surface area contributed by atoms with Crippen molar-refractivity contribution in [1.82, 2.24) is 9.97 Å². The van der Waals surface area contributed by atoms with Crippen molar-refractivity contribution in [2.24, 2.45) is 5.14 Å². The summed E-state index contributed by atoms with van der Waals surface area (Å²) >= 11 is 2.67. The number of nitrogens with zero attached hydrogens (tertiary/aromatic N) is 3. The number of primary sulfonamides is 1. The number of rotatable bonds is 2. The van der Waals surface area contributed by atoms with E-state index in [1.807, 2.05) is 0 Å². The molecule has 1 unspecified atom stereocenters. The highest BCUT2D eigenvalue weighted by Crippen LogP contribution is 2.34. The van der Waals surface area contributed by atoms with Crippen molar-refractivity contribution in [1.29, 1.82) is 0 Å². The number of carbonyl (C=O) groups is 1. The molecule has 0 aliphatic carbocycles. The van der Waals surface area contributed by atoms with E-state index >= 15 is 0 Å². The molecule has 7 nitrogen and oxygen atoms in total. The fourth-order valence-corrected chi connectivity index (χ4v) is 2.92. The quantitative estimate of drug-likeness (QED) is 0.800. The summed E-state index contributed by atoms with van der Waals surface area (Å²) in [7, 11) is -3.97. The van der Waals surface area contributed by atoms with E-state index in [2.05, 4.69) is 25.9 Å². The molecule has 2 heterocycles. The van der Waals surface area contributed by atoms with E-state index in [-0.39, 0.29) is 11.0 Å². The van der Waals surface area contributed by atoms with Crippen LogP contribution in [0.15, 0.2) is 10.7 Å². The average molecular weight is 389 g/mol. The minimum absolute atomic E-state index is 0.378. The van der Waals surface area contributed by atoms with Gasteiger partial charge in [0.25, 0.3) is 0 Å². The second kappa shape index (κ2) is 5.18. The third-order valence-electron chi connectivity index (χ3n) is 2.80. The van der Waals surface area contributed by atoms with Crippen LogP contribution in [0, 0.1) is 0 Å². The van der Waals surface area contributed by atoms with Crippen LogP contribution < -0.4 is 10.0 Å². The molecule has 21 heavy (non-hydrogen) atoms. The van der Waals surface area contributed by atoms with Gasteiger partial charge in [-0.2, -0.15) is 13.2 Å². The number of aromatic nitrogens is 2. The molecule has 1 fully saturated rings. The van der Waals surface area contributed by atoms with Crippen LogP contribution in [-0.2, 0) is 21.0 Å². The lowest BCUT2D eigenvalue weighted by molar-refractivity contribution is -0.141. The molecule has 1 atom stereocenters. The maximum atomic E-state index is 12.7. The van der Waals surface area contributed by atoms with Crippen molar-refractivity contribution in [2.75, 3.05) is 11.4 Å². The third-order valence-corrected chi connectivity index (χ3v) is 4.62. The Labute approximate surface area is 125 Å². The molecule has 1 aromatic heterocycles. The first-order valence-corrected chi connectivity index (χ1v) is 7.82. The SMILES string of the molecule is NS(=O)(=O)C1CC(=O)N(c2ncc(Br)c(C(F)(F)F)n2)C1. The fraction of sp³-hybridized carbons (Fsp3) is 0.444. The predicted molar refractivity (Wildman–Crippen MR) is 68.6 cm³/mol. The molecule has 1 aliphatic heterocycles. The maximum absolute atomic E-state index is 12.7. The molecule has 1 aliphatic rings. The molecule has 116 valence electrons. The topological polar surface area (TPSA) is 106 Å². The first-order valence-electron chi connectivity index (χ1n) is 5.42. The van der Waals surface area contributed by atoms with E-state index in [1.54, 1.807) is 0 Å². The first kappa shape index (κ1) is 16.1. The zero-order chi connectivity index (χ0) is 16.0. The Balaban J connectivity index is 2.38. The van der Waals surface area contributed by atoms with E-state index in [9.17, 15) is 26.4 Å². The van der Waals surface area contributed by atoms with E-state index in [4.69, 9.17) is 5.14 Å². The number of sulfonamides is 1. The Bertz CT molecular complexity index is 694. The number of amides is 1. The maximum Gasteiger partial charge on any atom is 0.434 e. The van der Waals surface area contributed by atoms with Crippen molar-refractivity contribution in [3.63, 3.8) is 0 Å². The van der Waals surface area contributed by atoms with Gasteiger partial charge in [-0.1, -0.05) is 0 Å². The molecular weight excluding hydrogens is 381 g/mol. The van der Waals surface area contributed by atoms with Crippen LogP contribution in [0.1, 0.15) is 12.1 Å². The van der Waals surface area contributed by atoms with Crippen molar-refractivity contribution >= 4 is 37.8 Å². The van der Waals surface area contributed by atoms with Crippen LogP contribution in [0.25, 0.3) is 0 Å². The molecule has 0 saturated carbocycles. The number of alkyl halides is 3. The molecule has 1 saturated heterocycles. The third kappa shape index (κ3) is 3.32. The van der Waals surface area contributed by atoms with Crippen molar-refractivity contribution in [3.05, 3.63) is 16.4 Å². The summed E-state index contributed by atoms with van der Waals surface area (Å²) in [6.45, 7) is -0.378. The van der Waals surface area contributed by atoms with Gasteiger partial charge in [-0.25, -0.2) is 23.5 Å². The Kier molecular flexibility index (Phi) is 3.97. The van der Waals surface area contributed by atoms with Gasteiger partial charge in [-0.05, 0) is 15.9 Å². The number of carbonyl (C=O) groups excluding carboxylic acids is 1. The molecule has 0 aromatic carbocycles. The van der Waals surface area contributed by atoms with Crippen LogP contribution in [0.4, 0.5) is 19.1 Å².